The second-order valence-corrected chi connectivity index (χ2v) is 7.98. The Hall–Kier alpha value is -2.64. The van der Waals surface area contributed by atoms with E-state index in [2.05, 4.69) is 9.88 Å². The fourth-order valence-corrected chi connectivity index (χ4v) is 4.13. The summed E-state index contributed by atoms with van der Waals surface area (Å²) in [6, 6.07) is 15.4. The molecule has 28 heavy (non-hydrogen) atoms. The van der Waals surface area contributed by atoms with Crippen LogP contribution in [0.25, 0.3) is 10.2 Å². The zero-order valence-electron chi connectivity index (χ0n) is 16.0. The van der Waals surface area contributed by atoms with Crippen molar-refractivity contribution in [2.45, 2.75) is 12.5 Å². The molecule has 0 fully saturated rings. The number of thiazole rings is 1. The van der Waals surface area contributed by atoms with E-state index in [9.17, 15) is 4.79 Å². The summed E-state index contributed by atoms with van der Waals surface area (Å²) in [4.78, 5) is 21.9. The Morgan fingerprint density at radius 3 is 2.64 bits per heavy atom. The number of amides is 1. The highest BCUT2D eigenvalue weighted by Crippen LogP contribution is 2.33. The Balaban J connectivity index is 1.58. The summed E-state index contributed by atoms with van der Waals surface area (Å²) in [5, 5.41) is 0.701. The van der Waals surface area contributed by atoms with E-state index in [1.807, 2.05) is 62.6 Å². The van der Waals surface area contributed by atoms with Gasteiger partial charge in [0.15, 0.2) is 16.6 Å². The molecule has 0 N–H and O–H groups in total. The molecule has 4 rings (SSSR count). The van der Waals surface area contributed by atoms with Crippen LogP contribution in [0.5, 0.6) is 11.5 Å². The van der Waals surface area contributed by atoms with Gasteiger partial charge >= 0.3 is 0 Å². The number of anilines is 1. The topological polar surface area (TPSA) is 54.9 Å². The lowest BCUT2D eigenvalue weighted by atomic mass is 10.2. The van der Waals surface area contributed by atoms with E-state index in [1.165, 1.54) is 11.3 Å². The third kappa shape index (κ3) is 3.95. The maximum absolute atomic E-state index is 13.3. The number of hydrogen-bond acceptors (Lipinski definition) is 6. The Morgan fingerprint density at radius 1 is 1.11 bits per heavy atom. The number of aromatic nitrogens is 1. The molecule has 146 valence electrons. The van der Waals surface area contributed by atoms with Crippen molar-refractivity contribution in [3.63, 3.8) is 0 Å². The summed E-state index contributed by atoms with van der Waals surface area (Å²) in [6.07, 6.45) is 0.167. The average molecular weight is 398 g/mol. The molecule has 0 saturated carbocycles. The normalized spacial score (nSPS) is 15.8. The number of nitrogens with zero attached hydrogens (tertiary/aromatic N) is 3. The van der Waals surface area contributed by atoms with Crippen LogP contribution < -0.4 is 14.4 Å². The van der Waals surface area contributed by atoms with Gasteiger partial charge in [0.1, 0.15) is 6.61 Å². The van der Waals surface area contributed by atoms with Gasteiger partial charge in [-0.15, -0.1) is 0 Å². The zero-order valence-corrected chi connectivity index (χ0v) is 16.8. The molecule has 1 aliphatic heterocycles. The molecule has 1 atom stereocenters. The van der Waals surface area contributed by atoms with Crippen LogP contribution in [0.1, 0.15) is 6.42 Å². The quantitative estimate of drug-likeness (QED) is 0.638. The number of carbonyl (C=O) groups excluding carboxylic acids is 1. The zero-order chi connectivity index (χ0) is 19.5. The third-order valence-electron chi connectivity index (χ3n) is 4.55. The Bertz CT molecular complexity index is 939. The van der Waals surface area contributed by atoms with E-state index >= 15 is 0 Å². The van der Waals surface area contributed by atoms with Crippen molar-refractivity contribution in [2.75, 3.05) is 38.7 Å². The van der Waals surface area contributed by atoms with E-state index < -0.39 is 6.10 Å². The number of ether oxygens (including phenoxy) is 2. The van der Waals surface area contributed by atoms with Gasteiger partial charge in [-0.3, -0.25) is 9.69 Å². The Morgan fingerprint density at radius 2 is 1.86 bits per heavy atom. The summed E-state index contributed by atoms with van der Waals surface area (Å²) in [5.74, 6) is 1.16. The molecule has 0 radical (unpaired) electrons. The van der Waals surface area contributed by atoms with Crippen LogP contribution >= 0.6 is 11.3 Å². The van der Waals surface area contributed by atoms with Gasteiger partial charge in [0.05, 0.1) is 10.2 Å². The van der Waals surface area contributed by atoms with Crippen LogP contribution in [-0.4, -0.2) is 55.7 Å². The number of carbonyl (C=O) groups is 1. The largest absolute Gasteiger partial charge is 0.485 e. The van der Waals surface area contributed by atoms with E-state index in [4.69, 9.17) is 9.47 Å². The van der Waals surface area contributed by atoms with Crippen molar-refractivity contribution in [1.82, 2.24) is 9.88 Å². The average Bonchev–Trinajstić information content (AvgIpc) is 3.14. The SMILES string of the molecule is CN(C)CCCN(C(=O)[C@@H]1COc2ccccc2O1)c1nc2ccccc2s1. The number of rotatable bonds is 6. The predicted molar refractivity (Wildman–Crippen MR) is 111 cm³/mol. The molecule has 0 bridgehead atoms. The van der Waals surface area contributed by atoms with Crippen LogP contribution in [-0.2, 0) is 4.79 Å². The van der Waals surface area contributed by atoms with Crippen molar-refractivity contribution in [3.05, 3.63) is 48.5 Å². The highest BCUT2D eigenvalue weighted by molar-refractivity contribution is 7.22. The maximum Gasteiger partial charge on any atom is 0.273 e. The smallest absolute Gasteiger partial charge is 0.273 e. The highest BCUT2D eigenvalue weighted by atomic mass is 32.1. The van der Waals surface area contributed by atoms with E-state index in [1.54, 1.807) is 4.90 Å². The van der Waals surface area contributed by atoms with E-state index in [0.717, 1.165) is 23.2 Å². The predicted octanol–water partition coefficient (Wildman–Crippen LogP) is 3.42. The number of hydrogen-bond donors (Lipinski definition) is 0. The molecule has 0 spiro atoms. The number of benzene rings is 2. The van der Waals surface area contributed by atoms with Gasteiger partial charge in [0.2, 0.25) is 6.10 Å². The van der Waals surface area contributed by atoms with Gasteiger partial charge in [-0.1, -0.05) is 35.6 Å². The van der Waals surface area contributed by atoms with Crippen molar-refractivity contribution in [2.24, 2.45) is 0 Å². The molecule has 6 nitrogen and oxygen atoms in total. The monoisotopic (exact) mass is 397 g/mol. The summed E-state index contributed by atoms with van der Waals surface area (Å²) in [5.41, 5.74) is 0.902. The lowest BCUT2D eigenvalue weighted by molar-refractivity contribution is -0.127. The van der Waals surface area contributed by atoms with Crippen LogP contribution in [0.15, 0.2) is 48.5 Å². The van der Waals surface area contributed by atoms with Crippen LogP contribution in [0, 0.1) is 0 Å². The minimum atomic E-state index is -0.679. The van der Waals surface area contributed by atoms with E-state index in [0.29, 0.717) is 23.2 Å². The molecule has 7 heteroatoms. The molecule has 1 aliphatic rings. The Labute approximate surface area is 168 Å². The molecular formula is C21H23N3O3S. The molecule has 0 aliphatic carbocycles. The second-order valence-electron chi connectivity index (χ2n) is 6.98. The van der Waals surface area contributed by atoms with Gasteiger partial charge in [-0.25, -0.2) is 4.98 Å². The first kappa shape index (κ1) is 18.7. The van der Waals surface area contributed by atoms with Crippen LogP contribution in [0.3, 0.4) is 0 Å². The second kappa shape index (κ2) is 8.16. The fourth-order valence-electron chi connectivity index (χ4n) is 3.14. The Kier molecular flexibility index (Phi) is 5.45. The summed E-state index contributed by atoms with van der Waals surface area (Å²) >= 11 is 1.53. The third-order valence-corrected chi connectivity index (χ3v) is 5.61. The van der Waals surface area contributed by atoms with Crippen molar-refractivity contribution in [1.29, 1.82) is 0 Å². The molecule has 1 aromatic heterocycles. The van der Waals surface area contributed by atoms with Gasteiger partial charge < -0.3 is 14.4 Å². The lowest BCUT2D eigenvalue weighted by Crippen LogP contribution is -2.47. The van der Waals surface area contributed by atoms with Crippen LogP contribution in [0.4, 0.5) is 5.13 Å². The van der Waals surface area contributed by atoms with E-state index in [-0.39, 0.29) is 12.5 Å². The van der Waals surface area contributed by atoms with Crippen molar-refractivity contribution in [3.8, 4) is 11.5 Å². The maximum atomic E-state index is 13.3. The molecule has 0 unspecified atom stereocenters. The molecular weight excluding hydrogens is 374 g/mol. The summed E-state index contributed by atoms with van der Waals surface area (Å²) < 4.78 is 12.8. The molecule has 0 saturated heterocycles. The van der Waals surface area contributed by atoms with Gasteiger partial charge in [0, 0.05) is 6.54 Å². The standard InChI is InChI=1S/C21H23N3O3S/c1-23(2)12-7-13-24(21-22-15-8-3-6-11-19(15)28-21)20(25)18-14-26-16-9-4-5-10-17(16)27-18/h3-6,8-11,18H,7,12-14H2,1-2H3/t18-/m0/s1. The first-order valence-corrected chi connectivity index (χ1v) is 10.1. The first-order valence-electron chi connectivity index (χ1n) is 9.32. The highest BCUT2D eigenvalue weighted by Gasteiger charge is 2.33. The minimum Gasteiger partial charge on any atom is -0.485 e. The van der Waals surface area contributed by atoms with Crippen LogP contribution in [0.2, 0.25) is 0 Å². The van der Waals surface area contributed by atoms with Crippen molar-refractivity contribution >= 4 is 32.6 Å². The van der Waals surface area contributed by atoms with Gasteiger partial charge in [-0.05, 0) is 51.3 Å². The molecule has 2 heterocycles. The van der Waals surface area contributed by atoms with Crippen molar-refractivity contribution < 1.29 is 14.3 Å². The molecule has 2 aromatic carbocycles. The lowest BCUT2D eigenvalue weighted by Gasteiger charge is -2.29. The molecule has 1 amide bonds. The van der Waals surface area contributed by atoms with Gasteiger partial charge in [-0.2, -0.15) is 0 Å². The minimum absolute atomic E-state index is 0.118. The fraction of sp³-hybridized carbons (Fsp3) is 0.333. The number of para-hydroxylation sites is 3. The first-order chi connectivity index (χ1) is 13.6. The molecule has 3 aromatic rings. The number of fused-ring (bicyclic) bond motifs is 2. The summed E-state index contributed by atoms with van der Waals surface area (Å²) in [7, 11) is 4.05. The van der Waals surface area contributed by atoms with Gasteiger partial charge in [0.25, 0.3) is 5.91 Å². The summed E-state index contributed by atoms with van der Waals surface area (Å²) in [6.45, 7) is 1.67.